The van der Waals surface area contributed by atoms with E-state index in [9.17, 15) is 14.7 Å². The Labute approximate surface area is 237 Å². The van der Waals surface area contributed by atoms with E-state index in [2.05, 4.69) is 69.8 Å². The molecule has 0 spiro atoms. The Balaban J connectivity index is 0.000000417. The number of anilines is 1. The van der Waals surface area contributed by atoms with Crippen molar-refractivity contribution in [1.82, 2.24) is 25.0 Å². The highest BCUT2D eigenvalue weighted by Crippen LogP contribution is 2.17. The van der Waals surface area contributed by atoms with Gasteiger partial charge in [0, 0.05) is 38.3 Å². The lowest BCUT2D eigenvalue weighted by Gasteiger charge is -2.29. The van der Waals surface area contributed by atoms with Crippen molar-refractivity contribution in [3.05, 3.63) is 53.3 Å². The molecule has 0 aliphatic rings. The van der Waals surface area contributed by atoms with Crippen molar-refractivity contribution in [3.63, 3.8) is 0 Å². The van der Waals surface area contributed by atoms with Gasteiger partial charge in [-0.05, 0) is 82.7 Å². The molecule has 3 aromatic rings. The predicted octanol–water partition coefficient (Wildman–Crippen LogP) is 3.55. The van der Waals surface area contributed by atoms with Crippen LogP contribution in [0.15, 0.2) is 36.5 Å². The summed E-state index contributed by atoms with van der Waals surface area (Å²) in [6.07, 6.45) is 6.25. The summed E-state index contributed by atoms with van der Waals surface area (Å²) < 4.78 is 1.89. The number of aliphatic hydroxyl groups is 1. The van der Waals surface area contributed by atoms with Gasteiger partial charge in [-0.1, -0.05) is 25.1 Å². The van der Waals surface area contributed by atoms with Gasteiger partial charge in [0.15, 0.2) is 0 Å². The highest BCUT2D eigenvalue weighted by atomic mass is 16.4. The molecule has 1 aromatic carbocycles. The third-order valence-corrected chi connectivity index (χ3v) is 6.73. The monoisotopic (exact) mass is 554 g/mol. The molecule has 0 fully saturated rings. The number of carboxylic acids is 1. The first-order valence-corrected chi connectivity index (χ1v) is 13.9. The summed E-state index contributed by atoms with van der Waals surface area (Å²) >= 11 is 0. The molecular formula is C30H46N6O4. The van der Waals surface area contributed by atoms with Crippen LogP contribution < -0.4 is 10.6 Å². The van der Waals surface area contributed by atoms with Gasteiger partial charge in [0.05, 0.1) is 17.3 Å². The zero-order valence-corrected chi connectivity index (χ0v) is 24.8. The summed E-state index contributed by atoms with van der Waals surface area (Å²) in [5.74, 6) is -0.127. The first kappa shape index (κ1) is 32.7. The third kappa shape index (κ3) is 10.6. The molecular weight excluding hydrogens is 508 g/mol. The van der Waals surface area contributed by atoms with Gasteiger partial charge in [-0.3, -0.25) is 9.48 Å². The van der Waals surface area contributed by atoms with Crippen LogP contribution in [0.1, 0.15) is 56.9 Å². The molecule has 1 amide bonds. The van der Waals surface area contributed by atoms with Crippen LogP contribution in [0.3, 0.4) is 0 Å². The number of aromatic nitrogens is 3. The van der Waals surface area contributed by atoms with E-state index in [0.29, 0.717) is 19.5 Å². The Morgan fingerprint density at radius 3 is 2.55 bits per heavy atom. The molecule has 10 heteroatoms. The fraction of sp³-hybridized carbons (Fsp3) is 0.533. The van der Waals surface area contributed by atoms with E-state index in [4.69, 9.17) is 5.11 Å². The summed E-state index contributed by atoms with van der Waals surface area (Å²) in [5.41, 5.74) is 3.85. The van der Waals surface area contributed by atoms with Crippen LogP contribution in [0.25, 0.3) is 10.9 Å². The first-order valence-electron chi connectivity index (χ1n) is 13.9. The van der Waals surface area contributed by atoms with E-state index in [-0.39, 0.29) is 6.42 Å². The molecule has 3 rings (SSSR count). The zero-order valence-electron chi connectivity index (χ0n) is 24.8. The number of carbonyl (C=O) groups is 2. The number of carboxylic acid groups (broad SMARTS) is 1. The molecule has 0 bridgehead atoms. The van der Waals surface area contributed by atoms with Crippen LogP contribution in [0.2, 0.25) is 0 Å². The van der Waals surface area contributed by atoms with Crippen LogP contribution in [-0.4, -0.2) is 80.6 Å². The van der Waals surface area contributed by atoms with Crippen molar-refractivity contribution >= 4 is 29.1 Å². The summed E-state index contributed by atoms with van der Waals surface area (Å²) in [4.78, 5) is 28.5. The summed E-state index contributed by atoms with van der Waals surface area (Å²) in [6, 6.07) is 9.49. The summed E-state index contributed by atoms with van der Waals surface area (Å²) in [7, 11) is 3.84. The molecule has 220 valence electrons. The molecule has 1 atom stereocenters. The standard InChI is InChI=1S/C21H36N4O4.C9H10N2/c1-5-16-9-10-17(24-19(16)22-4)8-6-7-12-25(14-21(2,3)29)13-11-18(20(27)28)23-15-26;1-7-4-3-5-9-8(7)6-10-11(9)2/h9-10,15,18,29H,5-8,11-14H2,1-4H3,(H,22,24)(H,23,26)(H,27,28);3-6H,1-2H3. The molecule has 0 saturated heterocycles. The molecule has 0 saturated carbocycles. The number of amides is 1. The average molecular weight is 555 g/mol. The number of nitrogens with zero attached hydrogens (tertiary/aromatic N) is 4. The number of carbonyl (C=O) groups excluding carboxylic acids is 1. The zero-order chi connectivity index (χ0) is 29.7. The van der Waals surface area contributed by atoms with Gasteiger partial charge in [-0.25, -0.2) is 9.78 Å². The van der Waals surface area contributed by atoms with Crippen LogP contribution in [0.4, 0.5) is 5.82 Å². The molecule has 1 unspecified atom stereocenters. The fourth-order valence-electron chi connectivity index (χ4n) is 4.62. The highest BCUT2D eigenvalue weighted by molar-refractivity contribution is 5.81. The quantitative estimate of drug-likeness (QED) is 0.166. The third-order valence-electron chi connectivity index (χ3n) is 6.73. The van der Waals surface area contributed by atoms with Crippen molar-refractivity contribution in [2.24, 2.45) is 7.05 Å². The highest BCUT2D eigenvalue weighted by Gasteiger charge is 2.21. The minimum atomic E-state index is -1.05. The summed E-state index contributed by atoms with van der Waals surface area (Å²) in [6.45, 7) is 9.33. The second-order valence-electron chi connectivity index (χ2n) is 10.7. The number of unbranched alkanes of at least 4 members (excludes halogenated alkanes) is 1. The lowest BCUT2D eigenvalue weighted by atomic mass is 10.1. The number of benzene rings is 1. The van der Waals surface area contributed by atoms with E-state index in [1.807, 2.05) is 25.0 Å². The number of pyridine rings is 1. The summed E-state index contributed by atoms with van der Waals surface area (Å²) in [5, 5.41) is 30.2. The predicted molar refractivity (Wildman–Crippen MR) is 160 cm³/mol. The Bertz CT molecular complexity index is 1220. The van der Waals surface area contributed by atoms with E-state index in [1.54, 1.807) is 13.8 Å². The van der Waals surface area contributed by atoms with Gasteiger partial charge in [-0.2, -0.15) is 5.10 Å². The van der Waals surface area contributed by atoms with Crippen LogP contribution in [0.5, 0.6) is 0 Å². The van der Waals surface area contributed by atoms with Gasteiger partial charge < -0.3 is 25.7 Å². The van der Waals surface area contributed by atoms with Crippen LogP contribution in [-0.2, 0) is 29.5 Å². The molecule has 0 aliphatic heterocycles. The van der Waals surface area contributed by atoms with Crippen molar-refractivity contribution in [3.8, 4) is 0 Å². The number of aryl methyl sites for hydroxylation is 4. The molecule has 10 nitrogen and oxygen atoms in total. The number of rotatable bonds is 15. The lowest BCUT2D eigenvalue weighted by Crippen LogP contribution is -2.43. The van der Waals surface area contributed by atoms with Gasteiger partial charge >= 0.3 is 5.97 Å². The second kappa shape index (κ2) is 15.9. The minimum Gasteiger partial charge on any atom is -0.480 e. The van der Waals surface area contributed by atoms with E-state index >= 15 is 0 Å². The Morgan fingerprint density at radius 1 is 1.20 bits per heavy atom. The minimum absolute atomic E-state index is 0.287. The number of hydrogen-bond donors (Lipinski definition) is 4. The topological polar surface area (TPSA) is 133 Å². The van der Waals surface area contributed by atoms with Gasteiger partial charge in [0.1, 0.15) is 11.9 Å². The maximum Gasteiger partial charge on any atom is 0.326 e. The number of aliphatic carboxylic acids is 1. The van der Waals surface area contributed by atoms with Crippen molar-refractivity contribution in [2.45, 2.75) is 71.4 Å². The maximum atomic E-state index is 11.2. The van der Waals surface area contributed by atoms with E-state index in [0.717, 1.165) is 43.7 Å². The van der Waals surface area contributed by atoms with E-state index < -0.39 is 17.6 Å². The molecule has 40 heavy (non-hydrogen) atoms. The molecule has 2 aromatic heterocycles. The van der Waals surface area contributed by atoms with Crippen molar-refractivity contribution in [2.75, 3.05) is 32.0 Å². The smallest absolute Gasteiger partial charge is 0.326 e. The van der Waals surface area contributed by atoms with Crippen molar-refractivity contribution < 1.29 is 19.8 Å². The number of fused-ring (bicyclic) bond motifs is 1. The molecule has 0 radical (unpaired) electrons. The van der Waals surface area contributed by atoms with Crippen molar-refractivity contribution in [1.29, 1.82) is 0 Å². The van der Waals surface area contributed by atoms with E-state index in [1.165, 1.54) is 22.0 Å². The average Bonchev–Trinajstić information content (AvgIpc) is 3.29. The molecule has 2 heterocycles. The van der Waals surface area contributed by atoms with Gasteiger partial charge in [0.25, 0.3) is 0 Å². The Kier molecular flexibility index (Phi) is 13.0. The molecule has 4 N–H and O–H groups in total. The first-order chi connectivity index (χ1) is 19.0. The largest absolute Gasteiger partial charge is 0.480 e. The Morgan fingerprint density at radius 2 is 1.95 bits per heavy atom. The molecule has 0 aliphatic carbocycles. The van der Waals surface area contributed by atoms with Crippen LogP contribution >= 0.6 is 0 Å². The lowest BCUT2D eigenvalue weighted by molar-refractivity contribution is -0.140. The normalized spacial score (nSPS) is 12.1. The van der Waals surface area contributed by atoms with Gasteiger partial charge in [-0.15, -0.1) is 0 Å². The second-order valence-corrected chi connectivity index (χ2v) is 10.7. The number of nitrogens with one attached hydrogen (secondary N) is 2. The SMILES string of the molecule is CCc1ccc(CCCCN(CCC(NC=O)C(=O)O)CC(C)(C)O)nc1NC.Cc1cccc2c1cnn2C. The van der Waals surface area contributed by atoms with Crippen LogP contribution in [0, 0.1) is 6.92 Å². The number of hydrogen-bond acceptors (Lipinski definition) is 7. The maximum absolute atomic E-state index is 11.2. The fourth-order valence-corrected chi connectivity index (χ4v) is 4.62. The van der Waals surface area contributed by atoms with Gasteiger partial charge in [0.2, 0.25) is 6.41 Å². The Hall–Kier alpha value is -3.50.